The van der Waals surface area contributed by atoms with Crippen LogP contribution in [0.5, 0.6) is 0 Å². The molecule has 0 amide bonds. The number of nitrogens with zero attached hydrogens (tertiary/aromatic N) is 1. The van der Waals surface area contributed by atoms with Gasteiger partial charge in [-0.2, -0.15) is 0 Å². The Bertz CT molecular complexity index is 656. The SMILES string of the molecule is CCC(C)n1c(-c2cccs2)ccc(CNC2CC2)c1=O. The monoisotopic (exact) mass is 302 g/mol. The molecular formula is C17H22N2OS. The van der Waals surface area contributed by atoms with Gasteiger partial charge in [0.15, 0.2) is 0 Å². The van der Waals surface area contributed by atoms with Crippen molar-refractivity contribution >= 4 is 11.3 Å². The summed E-state index contributed by atoms with van der Waals surface area (Å²) in [5.74, 6) is 0. The van der Waals surface area contributed by atoms with Crippen molar-refractivity contribution < 1.29 is 0 Å². The molecule has 0 spiro atoms. The van der Waals surface area contributed by atoms with Crippen molar-refractivity contribution in [1.82, 2.24) is 9.88 Å². The second-order valence-corrected chi connectivity index (χ2v) is 6.76. The first-order valence-electron chi connectivity index (χ1n) is 7.72. The van der Waals surface area contributed by atoms with E-state index in [1.807, 2.05) is 16.7 Å². The molecule has 1 N–H and O–H groups in total. The second-order valence-electron chi connectivity index (χ2n) is 5.81. The number of rotatable bonds is 6. The summed E-state index contributed by atoms with van der Waals surface area (Å²) in [5.41, 5.74) is 2.07. The van der Waals surface area contributed by atoms with Crippen LogP contribution in [0, 0.1) is 0 Å². The Kier molecular flexibility index (Phi) is 4.27. The lowest BCUT2D eigenvalue weighted by Gasteiger charge is -2.19. The van der Waals surface area contributed by atoms with Gasteiger partial charge in [-0.1, -0.05) is 19.1 Å². The normalized spacial score (nSPS) is 16.1. The maximum Gasteiger partial charge on any atom is 0.255 e. The van der Waals surface area contributed by atoms with Gasteiger partial charge in [0.25, 0.3) is 5.56 Å². The summed E-state index contributed by atoms with van der Waals surface area (Å²) >= 11 is 1.69. The lowest BCUT2D eigenvalue weighted by molar-refractivity contribution is 0.514. The van der Waals surface area contributed by atoms with Gasteiger partial charge in [0.05, 0.1) is 10.6 Å². The van der Waals surface area contributed by atoms with E-state index in [2.05, 4.69) is 36.7 Å². The maximum absolute atomic E-state index is 12.8. The minimum Gasteiger partial charge on any atom is -0.310 e. The van der Waals surface area contributed by atoms with Gasteiger partial charge in [-0.25, -0.2) is 0 Å². The van der Waals surface area contributed by atoms with Gasteiger partial charge in [-0.15, -0.1) is 11.3 Å². The molecule has 1 aliphatic rings. The summed E-state index contributed by atoms with van der Waals surface area (Å²) in [7, 11) is 0. The molecule has 2 aromatic heterocycles. The Hall–Kier alpha value is -1.39. The van der Waals surface area contributed by atoms with Crippen molar-refractivity contribution in [3.63, 3.8) is 0 Å². The first-order chi connectivity index (χ1) is 10.2. The molecule has 0 radical (unpaired) electrons. The molecule has 0 aromatic carbocycles. The molecule has 0 saturated heterocycles. The highest BCUT2D eigenvalue weighted by Gasteiger charge is 2.21. The molecular weight excluding hydrogens is 280 g/mol. The molecule has 2 heterocycles. The van der Waals surface area contributed by atoms with Gasteiger partial charge in [-0.05, 0) is 43.7 Å². The van der Waals surface area contributed by atoms with Gasteiger partial charge in [-0.3, -0.25) is 4.79 Å². The lowest BCUT2D eigenvalue weighted by atomic mass is 10.1. The predicted octanol–water partition coefficient (Wildman–Crippen LogP) is 3.80. The molecule has 2 aromatic rings. The van der Waals surface area contributed by atoms with Gasteiger partial charge in [0.1, 0.15) is 0 Å². The summed E-state index contributed by atoms with van der Waals surface area (Å²) < 4.78 is 1.97. The predicted molar refractivity (Wildman–Crippen MR) is 88.9 cm³/mol. The Labute approximate surface area is 129 Å². The summed E-state index contributed by atoms with van der Waals surface area (Å²) in [6, 6.07) is 9.05. The van der Waals surface area contributed by atoms with E-state index < -0.39 is 0 Å². The van der Waals surface area contributed by atoms with E-state index in [-0.39, 0.29) is 11.6 Å². The van der Waals surface area contributed by atoms with E-state index in [9.17, 15) is 4.79 Å². The van der Waals surface area contributed by atoms with E-state index in [1.54, 1.807) is 11.3 Å². The molecule has 1 saturated carbocycles. The molecule has 1 fully saturated rings. The zero-order valence-corrected chi connectivity index (χ0v) is 13.5. The lowest BCUT2D eigenvalue weighted by Crippen LogP contribution is -2.30. The van der Waals surface area contributed by atoms with Crippen LogP contribution < -0.4 is 10.9 Å². The number of nitrogens with one attached hydrogen (secondary N) is 1. The first-order valence-corrected chi connectivity index (χ1v) is 8.60. The zero-order chi connectivity index (χ0) is 14.8. The first kappa shape index (κ1) is 14.5. The standard InChI is InChI=1S/C17H22N2OS/c1-3-12(2)19-15(16-5-4-10-21-16)9-6-13(17(19)20)11-18-14-7-8-14/h4-6,9-10,12,14,18H,3,7-8,11H2,1-2H3. The van der Waals surface area contributed by atoms with E-state index in [4.69, 9.17) is 0 Å². The highest BCUT2D eigenvalue weighted by Crippen LogP contribution is 2.27. The summed E-state index contributed by atoms with van der Waals surface area (Å²) in [4.78, 5) is 14.0. The van der Waals surface area contributed by atoms with Crippen LogP contribution in [-0.4, -0.2) is 10.6 Å². The minimum atomic E-state index is 0.156. The minimum absolute atomic E-state index is 0.156. The van der Waals surface area contributed by atoms with Crippen molar-refractivity contribution in [2.75, 3.05) is 0 Å². The van der Waals surface area contributed by atoms with Crippen LogP contribution in [-0.2, 0) is 6.54 Å². The molecule has 1 atom stereocenters. The van der Waals surface area contributed by atoms with Crippen LogP contribution in [0.25, 0.3) is 10.6 Å². The highest BCUT2D eigenvalue weighted by atomic mass is 32.1. The third-order valence-electron chi connectivity index (χ3n) is 4.16. The van der Waals surface area contributed by atoms with Gasteiger partial charge in [0.2, 0.25) is 0 Å². The fourth-order valence-electron chi connectivity index (χ4n) is 2.52. The Morgan fingerprint density at radius 2 is 2.19 bits per heavy atom. The zero-order valence-electron chi connectivity index (χ0n) is 12.6. The van der Waals surface area contributed by atoms with Crippen LogP contribution in [0.15, 0.2) is 34.4 Å². The van der Waals surface area contributed by atoms with Crippen LogP contribution in [0.1, 0.15) is 44.7 Å². The highest BCUT2D eigenvalue weighted by molar-refractivity contribution is 7.13. The fraction of sp³-hybridized carbons (Fsp3) is 0.471. The van der Waals surface area contributed by atoms with Crippen LogP contribution >= 0.6 is 11.3 Å². The number of hydrogen-bond donors (Lipinski definition) is 1. The molecule has 0 aliphatic heterocycles. The molecule has 4 heteroatoms. The summed E-state index contributed by atoms with van der Waals surface area (Å²) in [5, 5.41) is 5.50. The van der Waals surface area contributed by atoms with Crippen LogP contribution in [0.2, 0.25) is 0 Å². The van der Waals surface area contributed by atoms with E-state index in [0.29, 0.717) is 12.6 Å². The van der Waals surface area contributed by atoms with Crippen molar-refractivity contribution in [2.45, 2.75) is 51.7 Å². The Morgan fingerprint density at radius 1 is 1.38 bits per heavy atom. The molecule has 112 valence electrons. The van der Waals surface area contributed by atoms with Crippen LogP contribution in [0.3, 0.4) is 0 Å². The molecule has 3 nitrogen and oxygen atoms in total. The largest absolute Gasteiger partial charge is 0.310 e. The Morgan fingerprint density at radius 3 is 2.81 bits per heavy atom. The molecule has 3 rings (SSSR count). The van der Waals surface area contributed by atoms with E-state index in [1.165, 1.54) is 12.8 Å². The van der Waals surface area contributed by atoms with Crippen molar-refractivity contribution in [3.8, 4) is 10.6 Å². The third-order valence-corrected chi connectivity index (χ3v) is 5.05. The molecule has 21 heavy (non-hydrogen) atoms. The van der Waals surface area contributed by atoms with Gasteiger partial charge < -0.3 is 9.88 Å². The quantitative estimate of drug-likeness (QED) is 0.880. The average molecular weight is 302 g/mol. The van der Waals surface area contributed by atoms with Gasteiger partial charge >= 0.3 is 0 Å². The fourth-order valence-corrected chi connectivity index (χ4v) is 3.26. The van der Waals surface area contributed by atoms with Gasteiger partial charge in [0, 0.05) is 24.2 Å². The third kappa shape index (κ3) is 3.11. The van der Waals surface area contributed by atoms with Crippen molar-refractivity contribution in [3.05, 3.63) is 45.6 Å². The van der Waals surface area contributed by atoms with Crippen molar-refractivity contribution in [2.24, 2.45) is 0 Å². The summed E-state index contributed by atoms with van der Waals surface area (Å²) in [6.07, 6.45) is 3.44. The summed E-state index contributed by atoms with van der Waals surface area (Å²) in [6.45, 7) is 4.94. The second kappa shape index (κ2) is 6.16. The number of thiophene rings is 1. The maximum atomic E-state index is 12.8. The topological polar surface area (TPSA) is 34.0 Å². The van der Waals surface area contributed by atoms with Crippen LogP contribution in [0.4, 0.5) is 0 Å². The number of aromatic nitrogens is 1. The number of pyridine rings is 1. The smallest absolute Gasteiger partial charge is 0.255 e. The van der Waals surface area contributed by atoms with Crippen molar-refractivity contribution in [1.29, 1.82) is 0 Å². The molecule has 1 aliphatic carbocycles. The van der Waals surface area contributed by atoms with E-state index >= 15 is 0 Å². The molecule has 0 bridgehead atoms. The Balaban J connectivity index is 2.00. The average Bonchev–Trinajstić information content (AvgIpc) is 3.16. The number of hydrogen-bond acceptors (Lipinski definition) is 3. The van der Waals surface area contributed by atoms with E-state index in [0.717, 1.165) is 22.6 Å². The molecule has 1 unspecified atom stereocenters.